The quantitative estimate of drug-likeness (QED) is 0.506. The number of pyridine rings is 1. The summed E-state index contributed by atoms with van der Waals surface area (Å²) in [5.74, 6) is -1.05. The first-order chi connectivity index (χ1) is 16.8. The number of hydrogen-bond donors (Lipinski definition) is 1. The number of anilines is 1. The summed E-state index contributed by atoms with van der Waals surface area (Å²) in [4.78, 5) is 49.5. The molecular formula is C26H28N4O4S. The molecule has 0 aliphatic carbocycles. The van der Waals surface area contributed by atoms with Gasteiger partial charge in [-0.25, -0.2) is 9.78 Å². The van der Waals surface area contributed by atoms with Gasteiger partial charge in [-0.05, 0) is 63.9 Å². The molecule has 3 aromatic rings. The minimum absolute atomic E-state index is 0.105. The van der Waals surface area contributed by atoms with Crippen molar-refractivity contribution in [3.63, 3.8) is 0 Å². The second-order valence-corrected chi connectivity index (χ2v) is 9.79. The minimum atomic E-state index is -0.434. The van der Waals surface area contributed by atoms with Crippen molar-refractivity contribution in [2.45, 2.75) is 39.7 Å². The van der Waals surface area contributed by atoms with E-state index >= 15 is 0 Å². The van der Waals surface area contributed by atoms with E-state index in [4.69, 9.17) is 4.74 Å². The molecule has 1 aromatic carbocycles. The first-order valence-corrected chi connectivity index (χ1v) is 12.4. The molecule has 35 heavy (non-hydrogen) atoms. The van der Waals surface area contributed by atoms with Crippen LogP contribution in [0.25, 0.3) is 10.6 Å². The van der Waals surface area contributed by atoms with Gasteiger partial charge in [-0.3, -0.25) is 14.6 Å². The maximum atomic E-state index is 13.3. The Kier molecular flexibility index (Phi) is 7.55. The number of hydrogen-bond acceptors (Lipinski definition) is 7. The van der Waals surface area contributed by atoms with Gasteiger partial charge in [-0.1, -0.05) is 6.07 Å². The fourth-order valence-corrected chi connectivity index (χ4v) is 5.00. The number of thiazole rings is 1. The van der Waals surface area contributed by atoms with Crippen LogP contribution in [0.15, 0.2) is 48.8 Å². The number of rotatable bonds is 6. The summed E-state index contributed by atoms with van der Waals surface area (Å²) in [6.45, 7) is 6.33. The topological polar surface area (TPSA) is 101 Å². The second-order valence-electron chi connectivity index (χ2n) is 8.79. The molecule has 1 atom stereocenters. The SMILES string of the molecule is Cc1nc(-c2cccnc2)sc1C(=O)N1CCCC(C(=O)Nc2cccc(C(=O)OC(C)C)c2)C1. The van der Waals surface area contributed by atoms with Crippen LogP contribution in [-0.2, 0) is 9.53 Å². The van der Waals surface area contributed by atoms with E-state index in [1.165, 1.54) is 11.3 Å². The lowest BCUT2D eigenvalue weighted by atomic mass is 9.96. The van der Waals surface area contributed by atoms with Gasteiger partial charge in [-0.2, -0.15) is 0 Å². The van der Waals surface area contributed by atoms with Crippen molar-refractivity contribution in [3.05, 3.63) is 64.9 Å². The van der Waals surface area contributed by atoms with Gasteiger partial charge in [0.15, 0.2) is 0 Å². The standard InChI is InChI=1S/C26H28N4O4S/c1-16(2)34-26(33)18-7-4-10-21(13-18)29-23(31)20-9-6-12-30(15-20)25(32)22-17(3)28-24(35-22)19-8-5-11-27-14-19/h4-5,7-8,10-11,13-14,16,20H,6,9,12,15H2,1-3H3,(H,29,31). The maximum absolute atomic E-state index is 13.3. The molecule has 9 heteroatoms. The predicted octanol–water partition coefficient (Wildman–Crippen LogP) is 4.57. The third-order valence-corrected chi connectivity index (χ3v) is 6.88. The van der Waals surface area contributed by atoms with Crippen molar-refractivity contribution in [1.29, 1.82) is 0 Å². The molecule has 1 unspecified atom stereocenters. The number of nitrogens with one attached hydrogen (secondary N) is 1. The van der Waals surface area contributed by atoms with Crippen LogP contribution in [0.2, 0.25) is 0 Å². The number of carbonyl (C=O) groups is 3. The van der Waals surface area contributed by atoms with Gasteiger partial charge in [0.1, 0.15) is 9.88 Å². The summed E-state index contributed by atoms with van der Waals surface area (Å²) < 4.78 is 5.23. The Morgan fingerprint density at radius 3 is 2.77 bits per heavy atom. The molecule has 2 aromatic heterocycles. The molecule has 0 saturated carbocycles. The summed E-state index contributed by atoms with van der Waals surface area (Å²) in [5.41, 5.74) is 2.45. The van der Waals surface area contributed by atoms with Gasteiger partial charge in [0.2, 0.25) is 5.91 Å². The van der Waals surface area contributed by atoms with Gasteiger partial charge >= 0.3 is 5.97 Å². The Balaban J connectivity index is 1.42. The van der Waals surface area contributed by atoms with Crippen LogP contribution in [0, 0.1) is 12.8 Å². The molecule has 1 aliphatic rings. The molecule has 1 fully saturated rings. The second kappa shape index (κ2) is 10.8. The summed E-state index contributed by atoms with van der Waals surface area (Å²) >= 11 is 1.35. The van der Waals surface area contributed by atoms with Gasteiger partial charge in [-0.15, -0.1) is 11.3 Å². The summed E-state index contributed by atoms with van der Waals surface area (Å²) in [6, 6.07) is 10.4. The lowest BCUT2D eigenvalue weighted by molar-refractivity contribution is -0.121. The maximum Gasteiger partial charge on any atom is 0.338 e. The van der Waals surface area contributed by atoms with E-state index in [2.05, 4.69) is 15.3 Å². The number of amides is 2. The average Bonchev–Trinajstić information content (AvgIpc) is 3.25. The number of ether oxygens (including phenoxy) is 1. The lowest BCUT2D eigenvalue weighted by Crippen LogP contribution is -2.43. The van der Waals surface area contributed by atoms with Crippen LogP contribution >= 0.6 is 11.3 Å². The number of carbonyl (C=O) groups excluding carboxylic acids is 3. The number of esters is 1. The molecule has 2 amide bonds. The van der Waals surface area contributed by atoms with Gasteiger partial charge in [0.25, 0.3) is 5.91 Å². The summed E-state index contributed by atoms with van der Waals surface area (Å²) in [7, 11) is 0. The van der Waals surface area contributed by atoms with E-state index in [9.17, 15) is 14.4 Å². The highest BCUT2D eigenvalue weighted by Gasteiger charge is 2.31. The summed E-state index contributed by atoms with van der Waals surface area (Å²) in [6.07, 6.45) is 4.62. The van der Waals surface area contributed by atoms with Crippen molar-refractivity contribution >= 4 is 34.8 Å². The van der Waals surface area contributed by atoms with Crippen LogP contribution < -0.4 is 5.32 Å². The van der Waals surface area contributed by atoms with E-state index in [1.807, 2.05) is 19.1 Å². The molecular weight excluding hydrogens is 464 g/mol. The fourth-order valence-electron chi connectivity index (χ4n) is 3.98. The average molecular weight is 493 g/mol. The molecule has 0 radical (unpaired) electrons. The normalized spacial score (nSPS) is 15.7. The van der Waals surface area contributed by atoms with E-state index < -0.39 is 5.97 Å². The van der Waals surface area contributed by atoms with E-state index in [0.717, 1.165) is 17.0 Å². The van der Waals surface area contributed by atoms with Crippen molar-refractivity contribution in [3.8, 4) is 10.6 Å². The lowest BCUT2D eigenvalue weighted by Gasteiger charge is -2.31. The third kappa shape index (κ3) is 5.92. The molecule has 182 valence electrons. The zero-order valence-corrected chi connectivity index (χ0v) is 20.8. The molecule has 4 rings (SSSR count). The number of aryl methyl sites for hydroxylation is 1. The highest BCUT2D eigenvalue weighted by Crippen LogP contribution is 2.30. The Morgan fingerprint density at radius 1 is 1.20 bits per heavy atom. The van der Waals surface area contributed by atoms with Crippen molar-refractivity contribution in [1.82, 2.24) is 14.9 Å². The van der Waals surface area contributed by atoms with Crippen molar-refractivity contribution in [2.75, 3.05) is 18.4 Å². The van der Waals surface area contributed by atoms with E-state index in [-0.39, 0.29) is 23.8 Å². The number of aromatic nitrogens is 2. The molecule has 1 aliphatic heterocycles. The molecule has 8 nitrogen and oxygen atoms in total. The Morgan fingerprint density at radius 2 is 2.03 bits per heavy atom. The molecule has 1 N–H and O–H groups in total. The zero-order valence-electron chi connectivity index (χ0n) is 20.0. The largest absolute Gasteiger partial charge is 0.459 e. The van der Waals surface area contributed by atoms with Crippen LogP contribution in [0.4, 0.5) is 5.69 Å². The van der Waals surface area contributed by atoms with Crippen LogP contribution in [0.1, 0.15) is 52.4 Å². The molecule has 0 bridgehead atoms. The first kappa shape index (κ1) is 24.5. The Hall–Kier alpha value is -3.59. The van der Waals surface area contributed by atoms with Crippen molar-refractivity contribution < 1.29 is 19.1 Å². The number of benzene rings is 1. The number of piperidine rings is 1. The highest BCUT2D eigenvalue weighted by atomic mass is 32.1. The fraction of sp³-hybridized carbons (Fsp3) is 0.346. The van der Waals surface area contributed by atoms with Gasteiger partial charge < -0.3 is 15.0 Å². The Bertz CT molecular complexity index is 1230. The van der Waals surface area contributed by atoms with Gasteiger partial charge in [0.05, 0.1) is 23.3 Å². The monoisotopic (exact) mass is 492 g/mol. The minimum Gasteiger partial charge on any atom is -0.459 e. The van der Waals surface area contributed by atoms with Gasteiger partial charge in [0, 0.05) is 36.7 Å². The third-order valence-electron chi connectivity index (χ3n) is 5.69. The predicted molar refractivity (Wildman–Crippen MR) is 134 cm³/mol. The molecule has 3 heterocycles. The zero-order chi connectivity index (χ0) is 24.9. The van der Waals surface area contributed by atoms with E-state index in [0.29, 0.717) is 41.3 Å². The number of nitrogens with zero attached hydrogens (tertiary/aromatic N) is 3. The van der Waals surface area contributed by atoms with Crippen LogP contribution in [0.5, 0.6) is 0 Å². The Labute approximate surface area is 208 Å². The van der Waals surface area contributed by atoms with E-state index in [1.54, 1.807) is 55.4 Å². The smallest absolute Gasteiger partial charge is 0.338 e. The highest BCUT2D eigenvalue weighted by molar-refractivity contribution is 7.17. The van der Waals surface area contributed by atoms with Crippen LogP contribution in [-0.4, -0.2) is 51.8 Å². The van der Waals surface area contributed by atoms with Crippen LogP contribution in [0.3, 0.4) is 0 Å². The summed E-state index contributed by atoms with van der Waals surface area (Å²) in [5, 5.41) is 3.65. The number of likely N-dealkylation sites (tertiary alicyclic amines) is 1. The molecule has 1 saturated heterocycles. The van der Waals surface area contributed by atoms with Crippen molar-refractivity contribution in [2.24, 2.45) is 5.92 Å². The molecule has 0 spiro atoms. The first-order valence-electron chi connectivity index (χ1n) is 11.6.